The van der Waals surface area contributed by atoms with E-state index in [1.54, 1.807) is 0 Å². The fourth-order valence-electron chi connectivity index (χ4n) is 7.68. The molecule has 0 aromatic carbocycles. The maximum Gasteiger partial charge on any atom is 0.306 e. The SMILES string of the molecule is CCCCCCCCCCCCCCCCCCCCCCC(CCCCCCCCCCCCCCCCCCCCCC)C(=O)O. The average Bonchev–Trinajstić information content (AvgIpc) is 3.08. The summed E-state index contributed by atoms with van der Waals surface area (Å²) in [7, 11) is 0. The summed E-state index contributed by atoms with van der Waals surface area (Å²) in [5, 5.41) is 9.69. The van der Waals surface area contributed by atoms with E-state index in [0.717, 1.165) is 25.7 Å². The van der Waals surface area contributed by atoms with E-state index >= 15 is 0 Å². The summed E-state index contributed by atoms with van der Waals surface area (Å²) in [6, 6.07) is 0. The Bertz CT molecular complexity index is 543. The second kappa shape index (κ2) is 42.6. The first-order valence-electron chi connectivity index (χ1n) is 22.9. The molecular formula is C46H92O2. The molecule has 0 atom stereocenters. The van der Waals surface area contributed by atoms with Crippen LogP contribution < -0.4 is 0 Å². The summed E-state index contributed by atoms with van der Waals surface area (Å²) in [4.78, 5) is 11.8. The van der Waals surface area contributed by atoms with Gasteiger partial charge in [-0.2, -0.15) is 0 Å². The third kappa shape index (κ3) is 39.9. The van der Waals surface area contributed by atoms with E-state index in [0.29, 0.717) is 0 Å². The van der Waals surface area contributed by atoms with E-state index in [1.807, 2.05) is 0 Å². The molecule has 0 aromatic heterocycles. The highest BCUT2D eigenvalue weighted by atomic mass is 16.4. The van der Waals surface area contributed by atoms with Crippen LogP contribution in [0.2, 0.25) is 0 Å². The van der Waals surface area contributed by atoms with Gasteiger partial charge in [0.1, 0.15) is 0 Å². The van der Waals surface area contributed by atoms with Gasteiger partial charge in [-0.25, -0.2) is 0 Å². The van der Waals surface area contributed by atoms with Crippen LogP contribution in [0.15, 0.2) is 0 Å². The van der Waals surface area contributed by atoms with Gasteiger partial charge >= 0.3 is 5.97 Å². The van der Waals surface area contributed by atoms with E-state index in [1.165, 1.54) is 244 Å². The number of carbonyl (C=O) groups is 1. The lowest BCUT2D eigenvalue weighted by Crippen LogP contribution is -2.13. The minimum Gasteiger partial charge on any atom is -0.481 e. The molecular weight excluding hydrogens is 585 g/mol. The second-order valence-corrected chi connectivity index (χ2v) is 16.0. The molecule has 0 amide bonds. The monoisotopic (exact) mass is 677 g/mol. The Morgan fingerprint density at radius 1 is 0.292 bits per heavy atom. The first-order chi connectivity index (χ1) is 23.7. The summed E-state index contributed by atoms with van der Waals surface area (Å²) < 4.78 is 0. The van der Waals surface area contributed by atoms with Crippen LogP contribution in [0.1, 0.15) is 284 Å². The molecule has 48 heavy (non-hydrogen) atoms. The Balaban J connectivity index is 3.34. The van der Waals surface area contributed by atoms with Gasteiger partial charge in [0.05, 0.1) is 5.92 Å². The summed E-state index contributed by atoms with van der Waals surface area (Å²) in [6.07, 6.45) is 57.6. The number of hydrogen-bond acceptors (Lipinski definition) is 1. The lowest BCUT2D eigenvalue weighted by Gasteiger charge is -2.12. The Kier molecular flexibility index (Phi) is 42.2. The molecule has 0 aliphatic heterocycles. The van der Waals surface area contributed by atoms with Gasteiger partial charge in [0.2, 0.25) is 0 Å². The van der Waals surface area contributed by atoms with E-state index in [2.05, 4.69) is 13.8 Å². The Morgan fingerprint density at radius 3 is 0.583 bits per heavy atom. The van der Waals surface area contributed by atoms with Crippen LogP contribution in [-0.4, -0.2) is 11.1 Å². The van der Waals surface area contributed by atoms with Crippen molar-refractivity contribution in [2.45, 2.75) is 284 Å². The molecule has 0 unspecified atom stereocenters. The van der Waals surface area contributed by atoms with E-state index in [9.17, 15) is 9.90 Å². The van der Waals surface area contributed by atoms with E-state index in [4.69, 9.17) is 0 Å². The van der Waals surface area contributed by atoms with Gasteiger partial charge in [-0.15, -0.1) is 0 Å². The molecule has 288 valence electrons. The van der Waals surface area contributed by atoms with Gasteiger partial charge in [-0.3, -0.25) is 4.79 Å². The largest absolute Gasteiger partial charge is 0.481 e. The van der Waals surface area contributed by atoms with E-state index < -0.39 is 5.97 Å². The van der Waals surface area contributed by atoms with Gasteiger partial charge in [0, 0.05) is 0 Å². The van der Waals surface area contributed by atoms with Crippen LogP contribution in [-0.2, 0) is 4.79 Å². The molecule has 0 bridgehead atoms. The van der Waals surface area contributed by atoms with Crippen molar-refractivity contribution in [1.82, 2.24) is 0 Å². The summed E-state index contributed by atoms with van der Waals surface area (Å²) in [5.41, 5.74) is 0. The third-order valence-corrected chi connectivity index (χ3v) is 11.2. The first kappa shape index (κ1) is 47.5. The standard InChI is InChI=1S/C46H92O2/c1-3-5-7-9-11-13-15-17-19-21-23-25-27-29-31-33-35-37-39-41-43-45(46(47)48)44-42-40-38-36-34-32-30-28-26-24-22-20-18-16-14-12-10-8-6-4-2/h45H,3-44H2,1-2H3,(H,47,48). The predicted octanol–water partition coefficient (Wildman–Crippen LogP) is 17.1. The lowest BCUT2D eigenvalue weighted by atomic mass is 9.94. The number of unbranched alkanes of at least 4 members (excludes halogenated alkanes) is 38. The molecule has 0 aliphatic carbocycles. The fraction of sp³-hybridized carbons (Fsp3) is 0.978. The van der Waals surface area contributed by atoms with Crippen LogP contribution in [0, 0.1) is 5.92 Å². The normalized spacial score (nSPS) is 11.6. The highest BCUT2D eigenvalue weighted by Crippen LogP contribution is 2.21. The van der Waals surface area contributed by atoms with Crippen molar-refractivity contribution >= 4 is 5.97 Å². The molecule has 0 aromatic rings. The van der Waals surface area contributed by atoms with Gasteiger partial charge in [0.25, 0.3) is 0 Å². The molecule has 0 saturated heterocycles. The molecule has 2 heteroatoms. The van der Waals surface area contributed by atoms with Crippen molar-refractivity contribution in [3.8, 4) is 0 Å². The molecule has 0 spiro atoms. The van der Waals surface area contributed by atoms with Crippen molar-refractivity contribution in [1.29, 1.82) is 0 Å². The molecule has 0 heterocycles. The highest BCUT2D eigenvalue weighted by Gasteiger charge is 2.16. The average molecular weight is 677 g/mol. The molecule has 0 aliphatic rings. The van der Waals surface area contributed by atoms with Gasteiger partial charge in [-0.05, 0) is 12.8 Å². The van der Waals surface area contributed by atoms with Crippen molar-refractivity contribution < 1.29 is 9.90 Å². The molecule has 0 fully saturated rings. The number of aliphatic carboxylic acids is 1. The highest BCUT2D eigenvalue weighted by molar-refractivity contribution is 5.69. The van der Waals surface area contributed by atoms with Crippen molar-refractivity contribution in [3.63, 3.8) is 0 Å². The zero-order valence-electron chi connectivity index (χ0n) is 33.6. The predicted molar refractivity (Wildman–Crippen MR) is 216 cm³/mol. The maximum absolute atomic E-state index is 11.8. The summed E-state index contributed by atoms with van der Waals surface area (Å²) in [5.74, 6) is -0.651. The fourth-order valence-corrected chi connectivity index (χ4v) is 7.68. The van der Waals surface area contributed by atoms with Crippen LogP contribution in [0.5, 0.6) is 0 Å². The van der Waals surface area contributed by atoms with Crippen LogP contribution >= 0.6 is 0 Å². The first-order valence-corrected chi connectivity index (χ1v) is 22.9. The summed E-state index contributed by atoms with van der Waals surface area (Å²) in [6.45, 7) is 4.60. The van der Waals surface area contributed by atoms with Crippen molar-refractivity contribution in [2.75, 3.05) is 0 Å². The van der Waals surface area contributed by atoms with Gasteiger partial charge in [0.15, 0.2) is 0 Å². The Hall–Kier alpha value is -0.530. The number of rotatable bonds is 43. The zero-order chi connectivity index (χ0) is 34.9. The minimum atomic E-state index is -0.550. The quantitative estimate of drug-likeness (QED) is 0.0653. The minimum absolute atomic E-state index is 0.101. The third-order valence-electron chi connectivity index (χ3n) is 11.2. The maximum atomic E-state index is 11.8. The van der Waals surface area contributed by atoms with Gasteiger partial charge in [-0.1, -0.05) is 271 Å². The topological polar surface area (TPSA) is 37.3 Å². The smallest absolute Gasteiger partial charge is 0.306 e. The molecule has 0 saturated carbocycles. The Morgan fingerprint density at radius 2 is 0.438 bits per heavy atom. The number of carboxylic acids is 1. The number of hydrogen-bond donors (Lipinski definition) is 1. The van der Waals surface area contributed by atoms with Gasteiger partial charge < -0.3 is 5.11 Å². The van der Waals surface area contributed by atoms with Crippen molar-refractivity contribution in [3.05, 3.63) is 0 Å². The van der Waals surface area contributed by atoms with Crippen molar-refractivity contribution in [2.24, 2.45) is 5.92 Å². The Labute approximate surface area is 304 Å². The van der Waals surface area contributed by atoms with Crippen LogP contribution in [0.4, 0.5) is 0 Å². The zero-order valence-corrected chi connectivity index (χ0v) is 33.6. The molecule has 0 radical (unpaired) electrons. The second-order valence-electron chi connectivity index (χ2n) is 16.0. The van der Waals surface area contributed by atoms with E-state index in [-0.39, 0.29) is 5.92 Å². The van der Waals surface area contributed by atoms with Crippen LogP contribution in [0.3, 0.4) is 0 Å². The van der Waals surface area contributed by atoms with Crippen LogP contribution in [0.25, 0.3) is 0 Å². The lowest BCUT2D eigenvalue weighted by molar-refractivity contribution is -0.142. The molecule has 2 nitrogen and oxygen atoms in total. The summed E-state index contributed by atoms with van der Waals surface area (Å²) >= 11 is 0. The number of carboxylic acid groups (broad SMARTS) is 1. The molecule has 1 N–H and O–H groups in total. The molecule has 0 rings (SSSR count).